The highest BCUT2D eigenvalue weighted by Crippen LogP contribution is 2.28. The summed E-state index contributed by atoms with van der Waals surface area (Å²) in [5, 5.41) is 6.57. The van der Waals surface area contributed by atoms with Crippen LogP contribution in [0.2, 0.25) is 0 Å². The Morgan fingerprint density at radius 2 is 1.31 bits per heavy atom. The molecule has 2 N–H and O–H groups in total. The minimum Gasteiger partial charge on any atom is -0.389 e. The molecule has 0 aliphatic carbocycles. The molecule has 0 spiro atoms. The fourth-order valence-corrected chi connectivity index (χ4v) is 5.44. The summed E-state index contributed by atoms with van der Waals surface area (Å²) in [6.07, 6.45) is 19.9. The number of carbonyl (C=O) groups excluding carboxylic acids is 1. The van der Waals surface area contributed by atoms with Gasteiger partial charge in [0.15, 0.2) is 0 Å². The van der Waals surface area contributed by atoms with Crippen molar-refractivity contribution in [1.29, 1.82) is 0 Å². The van der Waals surface area contributed by atoms with E-state index in [2.05, 4.69) is 29.5 Å². The van der Waals surface area contributed by atoms with Crippen LogP contribution in [-0.2, 0) is 0 Å². The smallest absolute Gasteiger partial charge is 0.349 e. The molecule has 1 amide bonds. The molecule has 198 valence electrons. The molecule has 6 nitrogen and oxygen atoms in total. The van der Waals surface area contributed by atoms with Gasteiger partial charge in [-0.15, -0.1) is 11.3 Å². The molecule has 0 aromatic carbocycles. The van der Waals surface area contributed by atoms with E-state index in [4.69, 9.17) is 4.42 Å². The maximum Gasteiger partial charge on any atom is 0.349 e. The zero-order valence-corrected chi connectivity index (χ0v) is 23.1. The van der Waals surface area contributed by atoms with Gasteiger partial charge in [-0.1, -0.05) is 104 Å². The van der Waals surface area contributed by atoms with Gasteiger partial charge in [0.2, 0.25) is 0 Å². The third kappa shape index (κ3) is 10.7. The molecular formula is C28H47N3O3S. The summed E-state index contributed by atoms with van der Waals surface area (Å²) < 4.78 is 5.40. The second-order valence-corrected chi connectivity index (χ2v) is 10.7. The summed E-state index contributed by atoms with van der Waals surface area (Å²) in [6.45, 7) is 7.65. The predicted molar refractivity (Wildman–Crippen MR) is 149 cm³/mol. The number of nitrogens with one attached hydrogen (secondary N) is 2. The molecule has 0 atom stereocenters. The summed E-state index contributed by atoms with van der Waals surface area (Å²) in [4.78, 5) is 30.8. The van der Waals surface area contributed by atoms with Crippen molar-refractivity contribution in [3.8, 4) is 0 Å². The van der Waals surface area contributed by atoms with Gasteiger partial charge in [0.1, 0.15) is 10.2 Å². The van der Waals surface area contributed by atoms with E-state index in [1.54, 1.807) is 6.92 Å². The van der Waals surface area contributed by atoms with Crippen LogP contribution in [0.15, 0.2) is 9.21 Å². The first kappa shape index (κ1) is 29.3. The van der Waals surface area contributed by atoms with Gasteiger partial charge >= 0.3 is 5.63 Å². The number of aryl methyl sites for hydroxylation is 1. The van der Waals surface area contributed by atoms with Gasteiger partial charge in [0.25, 0.3) is 11.9 Å². The van der Waals surface area contributed by atoms with E-state index in [9.17, 15) is 9.59 Å². The van der Waals surface area contributed by atoms with Gasteiger partial charge in [-0.05, 0) is 25.3 Å². The molecule has 0 aliphatic heterocycles. The molecule has 35 heavy (non-hydrogen) atoms. The van der Waals surface area contributed by atoms with E-state index in [0.29, 0.717) is 27.2 Å². The first-order valence-corrected chi connectivity index (χ1v) is 14.9. The van der Waals surface area contributed by atoms with E-state index in [1.807, 2.05) is 0 Å². The highest BCUT2D eigenvalue weighted by molar-refractivity contribution is 7.20. The second-order valence-electron chi connectivity index (χ2n) is 9.68. The topological polar surface area (TPSA) is 84.2 Å². The molecule has 0 fully saturated rings. The van der Waals surface area contributed by atoms with Crippen LogP contribution in [0.4, 0.5) is 6.01 Å². The Kier molecular flexibility index (Phi) is 14.7. The van der Waals surface area contributed by atoms with Crippen LogP contribution in [0.3, 0.4) is 0 Å². The standard InChI is InChI=1S/C28H47N3O3S/c1-4-6-8-10-12-13-14-15-17-19-21-30-28-31-26-23(27(33)34-28)22(3)24(35-26)25(32)29-20-18-16-11-9-7-5-2/h4-21H2,1-3H3,(H,29,32)(H,30,31). The average molecular weight is 506 g/mol. The largest absolute Gasteiger partial charge is 0.389 e. The number of hydrogen-bond donors (Lipinski definition) is 2. The molecule has 2 aromatic rings. The summed E-state index contributed by atoms with van der Waals surface area (Å²) in [5.41, 5.74) is 0.234. The summed E-state index contributed by atoms with van der Waals surface area (Å²) in [7, 11) is 0. The van der Waals surface area contributed by atoms with Crippen molar-refractivity contribution in [1.82, 2.24) is 10.3 Å². The predicted octanol–water partition coefficient (Wildman–Crippen LogP) is 7.98. The van der Waals surface area contributed by atoms with E-state index in [-0.39, 0.29) is 11.9 Å². The van der Waals surface area contributed by atoms with Crippen LogP contribution in [0.5, 0.6) is 0 Å². The van der Waals surface area contributed by atoms with E-state index >= 15 is 0 Å². The van der Waals surface area contributed by atoms with Crippen molar-refractivity contribution in [2.45, 2.75) is 124 Å². The van der Waals surface area contributed by atoms with Crippen LogP contribution >= 0.6 is 11.3 Å². The number of rotatable bonds is 20. The third-order valence-corrected chi connectivity index (χ3v) is 7.74. The zero-order chi connectivity index (χ0) is 25.3. The monoisotopic (exact) mass is 505 g/mol. The first-order chi connectivity index (χ1) is 17.1. The quantitative estimate of drug-likeness (QED) is 0.178. The number of unbranched alkanes of at least 4 members (excludes halogenated alkanes) is 14. The number of aromatic nitrogens is 1. The fraction of sp³-hybridized carbons (Fsp3) is 0.750. The second kappa shape index (κ2) is 17.5. The molecule has 0 saturated heterocycles. The highest BCUT2D eigenvalue weighted by Gasteiger charge is 2.20. The third-order valence-electron chi connectivity index (χ3n) is 6.55. The Hall–Kier alpha value is -1.89. The maximum absolute atomic E-state index is 12.7. The van der Waals surface area contributed by atoms with E-state index in [1.165, 1.54) is 88.4 Å². The molecule has 2 rings (SSSR count). The Labute approximate surface area is 215 Å². The van der Waals surface area contributed by atoms with Gasteiger partial charge in [-0.3, -0.25) is 4.79 Å². The van der Waals surface area contributed by atoms with Gasteiger partial charge in [-0.25, -0.2) is 4.79 Å². The maximum atomic E-state index is 12.7. The van der Waals surface area contributed by atoms with Crippen LogP contribution in [0.1, 0.15) is 132 Å². The number of fused-ring (bicyclic) bond motifs is 1. The number of anilines is 1. The lowest BCUT2D eigenvalue weighted by molar-refractivity contribution is 0.0956. The lowest BCUT2D eigenvalue weighted by atomic mass is 10.1. The van der Waals surface area contributed by atoms with Gasteiger partial charge in [0, 0.05) is 13.1 Å². The molecular weight excluding hydrogens is 458 g/mol. The van der Waals surface area contributed by atoms with Gasteiger partial charge in [0.05, 0.1) is 4.88 Å². The summed E-state index contributed by atoms with van der Waals surface area (Å²) in [5.74, 6) is -0.127. The molecule has 0 aliphatic rings. The number of carbonyl (C=O) groups is 1. The molecule has 0 unspecified atom stereocenters. The lowest BCUT2D eigenvalue weighted by Gasteiger charge is -2.04. The number of amides is 1. The first-order valence-electron chi connectivity index (χ1n) is 14.0. The number of nitrogens with zero attached hydrogens (tertiary/aromatic N) is 1. The summed E-state index contributed by atoms with van der Waals surface area (Å²) >= 11 is 1.27. The fourth-order valence-electron chi connectivity index (χ4n) is 4.36. The van der Waals surface area contributed by atoms with Crippen LogP contribution < -0.4 is 16.3 Å². The van der Waals surface area contributed by atoms with Gasteiger partial charge < -0.3 is 15.1 Å². The number of thiophene rings is 1. The zero-order valence-electron chi connectivity index (χ0n) is 22.3. The Bertz CT molecular complexity index is 922. The molecule has 0 saturated carbocycles. The Balaban J connectivity index is 1.74. The van der Waals surface area contributed by atoms with Crippen molar-refractivity contribution in [3.63, 3.8) is 0 Å². The lowest BCUT2D eigenvalue weighted by Crippen LogP contribution is -2.24. The Morgan fingerprint density at radius 1 is 0.800 bits per heavy atom. The van der Waals surface area contributed by atoms with Crippen molar-refractivity contribution < 1.29 is 9.21 Å². The van der Waals surface area contributed by atoms with Gasteiger partial charge in [-0.2, -0.15) is 4.98 Å². The normalized spacial score (nSPS) is 11.3. The minimum atomic E-state index is -0.427. The average Bonchev–Trinajstić information content (AvgIpc) is 3.18. The van der Waals surface area contributed by atoms with Crippen molar-refractivity contribution in [2.75, 3.05) is 18.4 Å². The highest BCUT2D eigenvalue weighted by atomic mass is 32.1. The van der Waals surface area contributed by atoms with E-state index < -0.39 is 5.63 Å². The Morgan fingerprint density at radius 3 is 1.89 bits per heavy atom. The van der Waals surface area contributed by atoms with Crippen molar-refractivity contribution >= 4 is 33.5 Å². The molecule has 7 heteroatoms. The molecule has 2 aromatic heterocycles. The summed E-state index contributed by atoms with van der Waals surface area (Å²) in [6, 6.07) is 0.249. The molecule has 2 heterocycles. The van der Waals surface area contributed by atoms with Crippen molar-refractivity contribution in [2.24, 2.45) is 0 Å². The minimum absolute atomic E-state index is 0.127. The molecule has 0 bridgehead atoms. The molecule has 0 radical (unpaired) electrons. The SMILES string of the molecule is CCCCCCCCCCCCNc1nc2sc(C(=O)NCCCCCCCC)c(C)c2c(=O)o1. The van der Waals surface area contributed by atoms with Crippen LogP contribution in [-0.4, -0.2) is 24.0 Å². The van der Waals surface area contributed by atoms with Crippen LogP contribution in [0, 0.1) is 6.92 Å². The number of hydrogen-bond acceptors (Lipinski definition) is 6. The van der Waals surface area contributed by atoms with Crippen LogP contribution in [0.25, 0.3) is 10.2 Å². The van der Waals surface area contributed by atoms with E-state index in [0.717, 1.165) is 32.2 Å². The van der Waals surface area contributed by atoms with Crippen molar-refractivity contribution in [3.05, 3.63) is 20.9 Å².